The van der Waals surface area contributed by atoms with Crippen molar-refractivity contribution in [3.05, 3.63) is 57.1 Å². The van der Waals surface area contributed by atoms with Gasteiger partial charge in [0.2, 0.25) is 0 Å². The van der Waals surface area contributed by atoms with Gasteiger partial charge in [0.15, 0.2) is 5.65 Å². The van der Waals surface area contributed by atoms with Crippen molar-refractivity contribution in [3.8, 4) is 11.5 Å². The third kappa shape index (κ3) is 2.92. The van der Waals surface area contributed by atoms with Crippen molar-refractivity contribution in [1.29, 1.82) is 0 Å². The zero-order valence-corrected chi connectivity index (χ0v) is 17.1. The van der Waals surface area contributed by atoms with Crippen LogP contribution in [0, 0.1) is 6.92 Å². The first kappa shape index (κ1) is 18.2. The maximum Gasteiger partial charge on any atom is 0.276 e. The molecule has 1 fully saturated rings. The van der Waals surface area contributed by atoms with Crippen molar-refractivity contribution in [2.24, 2.45) is 0 Å². The van der Waals surface area contributed by atoms with E-state index >= 15 is 0 Å². The fraction of sp³-hybridized carbons (Fsp3) is 0.455. The summed E-state index contributed by atoms with van der Waals surface area (Å²) in [5, 5.41) is 3.12. The number of H-pyrrole nitrogens is 1. The first-order chi connectivity index (χ1) is 14.1. The lowest BCUT2D eigenvalue weighted by molar-refractivity contribution is 0.183. The molecule has 7 heteroatoms. The molecule has 3 aromatic rings. The van der Waals surface area contributed by atoms with Crippen LogP contribution in [-0.4, -0.2) is 45.8 Å². The minimum atomic E-state index is 0.0421. The highest BCUT2D eigenvalue weighted by atomic mass is 16.5. The summed E-state index contributed by atoms with van der Waals surface area (Å²) < 4.78 is 12.8. The SMILES string of the molecule is COc1cccc(OC)c1CN1[C@H]2CC[C@H]1Cc1c(nc3cc(C)[nH]n3c1=O)C2. The van der Waals surface area contributed by atoms with E-state index in [0.29, 0.717) is 17.7 Å². The summed E-state index contributed by atoms with van der Waals surface area (Å²) in [7, 11) is 3.39. The number of rotatable bonds is 4. The second kappa shape index (κ2) is 6.91. The van der Waals surface area contributed by atoms with E-state index in [-0.39, 0.29) is 5.56 Å². The van der Waals surface area contributed by atoms with Crippen molar-refractivity contribution in [3.63, 3.8) is 0 Å². The van der Waals surface area contributed by atoms with E-state index in [4.69, 9.17) is 14.5 Å². The van der Waals surface area contributed by atoms with E-state index in [1.54, 1.807) is 18.7 Å². The van der Waals surface area contributed by atoms with Crippen LogP contribution in [0.5, 0.6) is 11.5 Å². The van der Waals surface area contributed by atoms with Gasteiger partial charge in [0.1, 0.15) is 11.5 Å². The Kier molecular flexibility index (Phi) is 4.35. The summed E-state index contributed by atoms with van der Waals surface area (Å²) in [5.41, 5.74) is 4.57. The average Bonchev–Trinajstić information content (AvgIpc) is 3.22. The summed E-state index contributed by atoms with van der Waals surface area (Å²) in [6.07, 6.45) is 3.75. The van der Waals surface area contributed by atoms with Gasteiger partial charge in [-0.1, -0.05) is 6.07 Å². The Morgan fingerprint density at radius 3 is 2.52 bits per heavy atom. The molecule has 1 N–H and O–H groups in total. The molecule has 2 aromatic heterocycles. The van der Waals surface area contributed by atoms with Gasteiger partial charge in [0.25, 0.3) is 5.56 Å². The molecule has 5 rings (SSSR count). The second-order valence-corrected chi connectivity index (χ2v) is 8.08. The van der Waals surface area contributed by atoms with Gasteiger partial charge in [-0.15, -0.1) is 0 Å². The Labute approximate surface area is 169 Å². The topological polar surface area (TPSA) is 71.9 Å². The van der Waals surface area contributed by atoms with Crippen LogP contribution in [0.15, 0.2) is 29.1 Å². The number of aromatic amines is 1. The van der Waals surface area contributed by atoms with Crippen LogP contribution in [0.1, 0.15) is 35.4 Å². The molecule has 0 amide bonds. The molecule has 29 heavy (non-hydrogen) atoms. The van der Waals surface area contributed by atoms with Crippen LogP contribution in [0.2, 0.25) is 0 Å². The summed E-state index contributed by atoms with van der Waals surface area (Å²) in [6.45, 7) is 2.69. The summed E-state index contributed by atoms with van der Waals surface area (Å²) in [5.74, 6) is 1.68. The Morgan fingerprint density at radius 1 is 1.14 bits per heavy atom. The summed E-state index contributed by atoms with van der Waals surface area (Å²) in [4.78, 5) is 20.5. The number of aryl methyl sites for hydroxylation is 1. The van der Waals surface area contributed by atoms with E-state index in [1.807, 2.05) is 31.2 Å². The zero-order chi connectivity index (χ0) is 20.1. The van der Waals surface area contributed by atoms with Gasteiger partial charge in [-0.25, -0.2) is 9.50 Å². The lowest BCUT2D eigenvalue weighted by Crippen LogP contribution is -2.36. The number of benzene rings is 1. The Morgan fingerprint density at radius 2 is 1.83 bits per heavy atom. The highest BCUT2D eigenvalue weighted by Crippen LogP contribution is 2.37. The van der Waals surface area contributed by atoms with E-state index in [2.05, 4.69) is 10.00 Å². The smallest absolute Gasteiger partial charge is 0.276 e. The molecule has 2 bridgehead atoms. The number of aromatic nitrogens is 3. The molecule has 7 nitrogen and oxygen atoms in total. The maximum absolute atomic E-state index is 13.1. The molecule has 0 unspecified atom stereocenters. The van der Waals surface area contributed by atoms with Gasteiger partial charge in [0, 0.05) is 42.4 Å². The number of nitrogens with one attached hydrogen (secondary N) is 1. The average molecular weight is 394 g/mol. The highest BCUT2D eigenvalue weighted by Gasteiger charge is 2.39. The van der Waals surface area contributed by atoms with E-state index < -0.39 is 0 Å². The van der Waals surface area contributed by atoms with E-state index in [9.17, 15) is 4.79 Å². The van der Waals surface area contributed by atoms with Crippen LogP contribution < -0.4 is 15.0 Å². The van der Waals surface area contributed by atoms with Gasteiger partial charge >= 0.3 is 0 Å². The normalized spacial score (nSPS) is 21.2. The first-order valence-corrected chi connectivity index (χ1v) is 10.1. The number of nitrogens with zero attached hydrogens (tertiary/aromatic N) is 3. The molecule has 2 aliphatic heterocycles. The summed E-state index contributed by atoms with van der Waals surface area (Å²) in [6, 6.07) is 8.52. The minimum absolute atomic E-state index is 0.0421. The first-order valence-electron chi connectivity index (χ1n) is 10.1. The molecule has 0 aliphatic carbocycles. The van der Waals surface area contributed by atoms with Crippen molar-refractivity contribution in [2.75, 3.05) is 14.2 Å². The third-order valence-electron chi connectivity index (χ3n) is 6.43. The molecular formula is C22H26N4O3. The number of hydrogen-bond acceptors (Lipinski definition) is 5. The predicted molar refractivity (Wildman–Crippen MR) is 110 cm³/mol. The quantitative estimate of drug-likeness (QED) is 0.736. The zero-order valence-electron chi connectivity index (χ0n) is 17.1. The van der Waals surface area contributed by atoms with Gasteiger partial charge in [0.05, 0.1) is 25.5 Å². The molecule has 2 aliphatic rings. The Balaban J connectivity index is 1.53. The number of methoxy groups -OCH3 is 2. The van der Waals surface area contributed by atoms with E-state index in [1.165, 1.54) is 0 Å². The standard InChI is InChI=1S/C22H26N4O3/c1-13-9-21-23-18-11-15-8-7-14(10-16(18)22(27)26(21)24-13)25(15)12-17-19(28-2)5-4-6-20(17)29-3/h4-6,9,14-15,24H,7-8,10-12H2,1-3H3/t14-,15-/m0/s1. The van der Waals surface area contributed by atoms with Crippen molar-refractivity contribution in [1.82, 2.24) is 19.5 Å². The number of hydrogen-bond donors (Lipinski definition) is 1. The molecule has 4 heterocycles. The summed E-state index contributed by atoms with van der Waals surface area (Å²) >= 11 is 0. The molecule has 0 spiro atoms. The largest absolute Gasteiger partial charge is 0.496 e. The van der Waals surface area contributed by atoms with Crippen LogP contribution in [0.3, 0.4) is 0 Å². The van der Waals surface area contributed by atoms with Gasteiger partial charge < -0.3 is 9.47 Å². The lowest BCUT2D eigenvalue weighted by Gasteiger charge is -2.29. The monoisotopic (exact) mass is 394 g/mol. The third-order valence-corrected chi connectivity index (χ3v) is 6.43. The molecule has 0 radical (unpaired) electrons. The lowest BCUT2D eigenvalue weighted by atomic mass is 9.98. The Bertz CT molecular complexity index is 1110. The number of fused-ring (bicyclic) bond motifs is 4. The number of ether oxygens (including phenoxy) is 2. The van der Waals surface area contributed by atoms with Crippen LogP contribution >= 0.6 is 0 Å². The fourth-order valence-electron chi connectivity index (χ4n) is 5.04. The maximum atomic E-state index is 13.1. The Hall–Kier alpha value is -2.80. The van der Waals surface area contributed by atoms with Crippen molar-refractivity contribution in [2.45, 2.75) is 51.2 Å². The van der Waals surface area contributed by atoms with Crippen LogP contribution in [0.25, 0.3) is 5.65 Å². The van der Waals surface area contributed by atoms with Crippen molar-refractivity contribution < 1.29 is 9.47 Å². The molecule has 1 aromatic carbocycles. The predicted octanol–water partition coefficient (Wildman–Crippen LogP) is 2.48. The van der Waals surface area contributed by atoms with E-state index in [0.717, 1.165) is 66.2 Å². The van der Waals surface area contributed by atoms with Gasteiger partial charge in [-0.05, 0) is 38.3 Å². The van der Waals surface area contributed by atoms with Crippen LogP contribution in [0.4, 0.5) is 0 Å². The second-order valence-electron chi connectivity index (χ2n) is 8.08. The van der Waals surface area contributed by atoms with Gasteiger partial charge in [-0.2, -0.15) is 0 Å². The molecular weight excluding hydrogens is 368 g/mol. The highest BCUT2D eigenvalue weighted by molar-refractivity contribution is 5.45. The minimum Gasteiger partial charge on any atom is -0.496 e. The molecule has 0 saturated carbocycles. The molecule has 152 valence electrons. The van der Waals surface area contributed by atoms with Gasteiger partial charge in [-0.3, -0.25) is 14.8 Å². The van der Waals surface area contributed by atoms with Crippen molar-refractivity contribution >= 4 is 5.65 Å². The van der Waals surface area contributed by atoms with Crippen LogP contribution in [-0.2, 0) is 19.4 Å². The fourth-order valence-corrected chi connectivity index (χ4v) is 5.04. The molecule has 2 atom stereocenters. The molecule has 1 saturated heterocycles.